The molecule has 1 aliphatic heterocycles. The Morgan fingerprint density at radius 2 is 1.89 bits per heavy atom. The third kappa shape index (κ3) is 7.48. The molecule has 2 amide bonds. The molecule has 3 aliphatic rings. The van der Waals surface area contributed by atoms with Gasteiger partial charge in [-0.1, -0.05) is 60.7 Å². The molecule has 228 valence electrons. The maximum atomic E-state index is 13.3. The number of carbonyl (C=O) groups is 2. The van der Waals surface area contributed by atoms with Crippen LogP contribution in [0, 0.1) is 11.8 Å². The number of thioether (sulfide) groups is 1. The van der Waals surface area contributed by atoms with E-state index in [2.05, 4.69) is 5.32 Å². The largest absolute Gasteiger partial charge is 0.497 e. The summed E-state index contributed by atoms with van der Waals surface area (Å²) in [4.78, 5) is 44.3. The summed E-state index contributed by atoms with van der Waals surface area (Å²) in [5, 5.41) is 2.89. The Bertz CT molecular complexity index is 1580. The Labute approximate surface area is 265 Å². The Balaban J connectivity index is 0.00000123. The van der Waals surface area contributed by atoms with Crippen molar-refractivity contribution in [1.82, 2.24) is 10.2 Å². The number of methoxy groups -OCH3 is 1. The summed E-state index contributed by atoms with van der Waals surface area (Å²) < 4.78 is 18.0. The Kier molecular flexibility index (Phi) is 10.3. The number of benzene rings is 2. The topological polar surface area (TPSA) is 115 Å². The number of hydrogen-bond acceptors (Lipinski definition) is 9. The number of thiocarbonyl (C=S) groups is 1. The van der Waals surface area contributed by atoms with Gasteiger partial charge >= 0.3 is 6.15 Å². The zero-order valence-electron chi connectivity index (χ0n) is 24.2. The van der Waals surface area contributed by atoms with Crippen molar-refractivity contribution in [3.63, 3.8) is 0 Å². The molecule has 2 aliphatic carbocycles. The van der Waals surface area contributed by atoms with Gasteiger partial charge in [-0.15, -0.1) is 0 Å². The smallest absolute Gasteiger partial charge is 0.373 e. The van der Waals surface area contributed by atoms with Crippen LogP contribution in [-0.2, 0) is 25.6 Å². The number of rotatable bonds is 10. The second kappa shape index (κ2) is 14.5. The summed E-state index contributed by atoms with van der Waals surface area (Å²) in [6, 6.07) is 19.3. The van der Waals surface area contributed by atoms with Gasteiger partial charge in [0.1, 0.15) is 27.3 Å². The summed E-state index contributed by atoms with van der Waals surface area (Å²) in [7, 11) is 1.57. The molecule has 6 rings (SSSR count). The lowest BCUT2D eigenvalue weighted by Gasteiger charge is -2.30. The molecule has 0 spiro atoms. The first-order valence-electron chi connectivity index (χ1n) is 14.4. The molecule has 2 aromatic carbocycles. The standard InChI is InChI=1S/C32H32N2O5S2.CO2/c1-37-25-15-23(16-26(17-25)38-19-30(35)33-12-11-20-5-3-2-4-6-20)28-10-9-24(39-28)18-29-31(36)34(32(40)41-29)27-14-21-7-8-22(27)13-21;2-1-3/h2-6,9-10,15-18,21-22,27H,7-8,11-14,19H2,1H3,(H,33,35);/b29-18-;. The number of fused-ring (bicyclic) bond motifs is 2. The molecule has 0 radical (unpaired) electrons. The van der Waals surface area contributed by atoms with Crippen LogP contribution in [0.25, 0.3) is 17.4 Å². The lowest BCUT2D eigenvalue weighted by atomic mass is 9.94. The molecular weight excluding hydrogens is 601 g/mol. The predicted molar refractivity (Wildman–Crippen MR) is 169 cm³/mol. The Hall–Kier alpha value is -4.18. The molecular formula is C33H32N2O7S2. The lowest BCUT2D eigenvalue weighted by Crippen LogP contribution is -2.41. The van der Waals surface area contributed by atoms with Crippen LogP contribution in [0.4, 0.5) is 0 Å². The molecule has 9 nitrogen and oxygen atoms in total. The molecule has 1 N–H and O–H groups in total. The van der Waals surface area contributed by atoms with Crippen LogP contribution in [0.3, 0.4) is 0 Å². The third-order valence-electron chi connectivity index (χ3n) is 8.10. The molecule has 3 fully saturated rings. The minimum Gasteiger partial charge on any atom is -0.497 e. The zero-order valence-corrected chi connectivity index (χ0v) is 25.8. The van der Waals surface area contributed by atoms with Gasteiger partial charge in [0.2, 0.25) is 0 Å². The maximum absolute atomic E-state index is 13.3. The highest BCUT2D eigenvalue weighted by Crippen LogP contribution is 2.49. The minimum absolute atomic E-state index is 0.0189. The molecule has 3 atom stereocenters. The number of nitrogens with one attached hydrogen (secondary N) is 1. The van der Waals surface area contributed by atoms with E-state index in [9.17, 15) is 9.59 Å². The number of furan rings is 1. The van der Waals surface area contributed by atoms with Gasteiger partial charge in [0.05, 0.1) is 12.0 Å². The van der Waals surface area contributed by atoms with E-state index in [0.29, 0.717) is 44.7 Å². The van der Waals surface area contributed by atoms with Gasteiger partial charge in [0, 0.05) is 30.3 Å². The molecule has 44 heavy (non-hydrogen) atoms. The van der Waals surface area contributed by atoms with Crippen LogP contribution in [0.15, 0.2) is 70.0 Å². The molecule has 1 saturated heterocycles. The second-order valence-corrected chi connectivity index (χ2v) is 12.5. The fraction of sp³-hybridized carbons (Fsp3) is 0.333. The van der Waals surface area contributed by atoms with Crippen LogP contribution in [-0.4, -0.2) is 53.5 Å². The van der Waals surface area contributed by atoms with E-state index in [-0.39, 0.29) is 30.6 Å². The summed E-state index contributed by atoms with van der Waals surface area (Å²) >= 11 is 6.97. The van der Waals surface area contributed by atoms with Crippen molar-refractivity contribution in [1.29, 1.82) is 0 Å². The van der Waals surface area contributed by atoms with Crippen LogP contribution in [0.1, 0.15) is 37.0 Å². The first kappa shape index (κ1) is 31.3. The van der Waals surface area contributed by atoms with E-state index >= 15 is 0 Å². The number of nitrogens with zero attached hydrogens (tertiary/aromatic N) is 1. The average molecular weight is 633 g/mol. The molecule has 3 unspecified atom stereocenters. The average Bonchev–Trinajstić information content (AvgIpc) is 3.83. The van der Waals surface area contributed by atoms with Crippen molar-refractivity contribution in [3.05, 3.63) is 76.9 Å². The van der Waals surface area contributed by atoms with Crippen LogP contribution in [0.2, 0.25) is 0 Å². The number of hydrogen-bond donors (Lipinski definition) is 1. The van der Waals surface area contributed by atoms with E-state index in [1.165, 1.54) is 31.0 Å². The Morgan fingerprint density at radius 3 is 2.59 bits per heavy atom. The van der Waals surface area contributed by atoms with Gasteiger partial charge in [0.25, 0.3) is 11.8 Å². The summed E-state index contributed by atoms with van der Waals surface area (Å²) in [6.45, 7) is 0.417. The van der Waals surface area contributed by atoms with Crippen molar-refractivity contribution in [3.8, 4) is 22.8 Å². The van der Waals surface area contributed by atoms with E-state index in [4.69, 9.17) is 35.7 Å². The second-order valence-electron chi connectivity index (χ2n) is 10.9. The highest BCUT2D eigenvalue weighted by atomic mass is 32.2. The van der Waals surface area contributed by atoms with Crippen LogP contribution >= 0.6 is 24.0 Å². The van der Waals surface area contributed by atoms with Gasteiger partial charge in [-0.3, -0.25) is 14.5 Å². The lowest BCUT2D eigenvalue weighted by molar-refractivity contribution is -0.191. The van der Waals surface area contributed by atoms with Crippen molar-refractivity contribution in [2.75, 3.05) is 20.3 Å². The molecule has 1 aromatic heterocycles. The summed E-state index contributed by atoms with van der Waals surface area (Å²) in [5.74, 6) is 3.31. The fourth-order valence-electron chi connectivity index (χ4n) is 6.11. The molecule has 2 saturated carbocycles. The van der Waals surface area contributed by atoms with Crippen molar-refractivity contribution < 1.29 is 33.1 Å². The first-order chi connectivity index (χ1) is 21.4. The minimum atomic E-state index is -0.201. The Morgan fingerprint density at radius 1 is 1.11 bits per heavy atom. The molecule has 2 heterocycles. The molecule has 11 heteroatoms. The van der Waals surface area contributed by atoms with E-state index in [1.54, 1.807) is 25.3 Å². The summed E-state index contributed by atoms with van der Waals surface area (Å²) in [5.41, 5.74) is 1.90. The first-order valence-corrected chi connectivity index (χ1v) is 15.6. The zero-order chi connectivity index (χ0) is 31.1. The van der Waals surface area contributed by atoms with E-state index < -0.39 is 0 Å². The van der Waals surface area contributed by atoms with Crippen LogP contribution < -0.4 is 14.8 Å². The van der Waals surface area contributed by atoms with Crippen molar-refractivity contribution >= 4 is 52.3 Å². The third-order valence-corrected chi connectivity index (χ3v) is 9.44. The number of ether oxygens (including phenoxy) is 2. The van der Waals surface area contributed by atoms with Gasteiger partial charge in [-0.05, 0) is 67.3 Å². The normalized spacial score (nSPS) is 21.2. The SMILES string of the molecule is COc1cc(OCC(=O)NCCc2ccccc2)cc(-c2ccc(/C=C3\SC(=S)N(C4CC5CCC4C5)C3=O)o2)c1.O=C=O. The van der Waals surface area contributed by atoms with Crippen molar-refractivity contribution in [2.45, 2.75) is 38.1 Å². The van der Waals surface area contributed by atoms with Crippen molar-refractivity contribution in [2.24, 2.45) is 11.8 Å². The molecule has 3 aromatic rings. The van der Waals surface area contributed by atoms with Gasteiger partial charge in [-0.2, -0.15) is 9.59 Å². The highest BCUT2D eigenvalue weighted by molar-refractivity contribution is 8.26. The fourth-order valence-corrected chi connectivity index (χ4v) is 7.47. The predicted octanol–water partition coefficient (Wildman–Crippen LogP) is 5.50. The summed E-state index contributed by atoms with van der Waals surface area (Å²) in [6.07, 6.45) is 7.52. The van der Waals surface area contributed by atoms with E-state index in [0.717, 1.165) is 29.9 Å². The van der Waals surface area contributed by atoms with Gasteiger partial charge in [-0.25, -0.2) is 0 Å². The molecule has 2 bridgehead atoms. The van der Waals surface area contributed by atoms with Crippen LogP contribution in [0.5, 0.6) is 11.5 Å². The van der Waals surface area contributed by atoms with E-state index in [1.807, 2.05) is 53.4 Å². The van der Waals surface area contributed by atoms with Gasteiger partial charge in [0.15, 0.2) is 6.61 Å². The quantitative estimate of drug-likeness (QED) is 0.229. The number of amides is 2. The highest BCUT2D eigenvalue weighted by Gasteiger charge is 2.48. The maximum Gasteiger partial charge on any atom is 0.373 e. The monoisotopic (exact) mass is 632 g/mol. The number of carbonyl (C=O) groups excluding carboxylic acids is 4. The van der Waals surface area contributed by atoms with Gasteiger partial charge < -0.3 is 19.2 Å².